The summed E-state index contributed by atoms with van der Waals surface area (Å²) in [6, 6.07) is 1.48. The second-order valence-corrected chi connectivity index (χ2v) is 15.5. The number of ether oxygens (including phenoxy) is 1. The third-order valence-electron chi connectivity index (χ3n) is 6.95. The maximum absolute atomic E-state index is 14.0. The summed E-state index contributed by atoms with van der Waals surface area (Å²) in [6.45, 7) is -0.709. The van der Waals surface area contributed by atoms with E-state index >= 15 is 0 Å². The summed E-state index contributed by atoms with van der Waals surface area (Å²) in [7, 11) is 0. The van der Waals surface area contributed by atoms with Crippen LogP contribution >= 0.6 is 137 Å². The van der Waals surface area contributed by atoms with Gasteiger partial charge in [0, 0.05) is 29.2 Å². The quantitative estimate of drug-likeness (QED) is 0.0676. The van der Waals surface area contributed by atoms with Crippen molar-refractivity contribution in [1.82, 2.24) is 5.32 Å². The first kappa shape index (κ1) is 39.1. The first-order valence-electron chi connectivity index (χ1n) is 12.0. The molecular formula is C26H14Cl4I4NNaO9. The number of halogens is 8. The summed E-state index contributed by atoms with van der Waals surface area (Å²) in [4.78, 5) is 27.0. The molecule has 5 atom stereocenters. The third kappa shape index (κ3) is 6.85. The Balaban J connectivity index is 0.00000461. The van der Waals surface area contributed by atoms with E-state index in [0.29, 0.717) is 18.1 Å². The van der Waals surface area contributed by atoms with Crippen LogP contribution in [-0.2, 0) is 4.74 Å². The van der Waals surface area contributed by atoms with Crippen molar-refractivity contribution >= 4 is 154 Å². The molecule has 1 saturated heterocycles. The van der Waals surface area contributed by atoms with E-state index in [-0.39, 0.29) is 96.0 Å². The molecule has 45 heavy (non-hydrogen) atoms. The average Bonchev–Trinajstić information content (AvgIpc) is 2.99. The minimum Gasteiger partial charge on any atom is -0.871 e. The van der Waals surface area contributed by atoms with Crippen LogP contribution in [-0.4, -0.2) is 63.6 Å². The number of amides is 1. The summed E-state index contributed by atoms with van der Waals surface area (Å²) in [5.74, 6) is -1.23. The molecule has 5 N–H and O–H groups in total. The molecule has 2 aromatic carbocycles. The van der Waals surface area contributed by atoms with Crippen molar-refractivity contribution in [3.63, 3.8) is 0 Å². The summed E-state index contributed by atoms with van der Waals surface area (Å²) in [6.07, 6.45) is -6.59. The fraction of sp³-hybridized carbons (Fsp3) is 0.231. The van der Waals surface area contributed by atoms with E-state index in [1.54, 1.807) is 0 Å². The molecule has 2 aromatic rings. The van der Waals surface area contributed by atoms with Crippen molar-refractivity contribution in [1.29, 1.82) is 0 Å². The molecule has 3 aliphatic rings. The van der Waals surface area contributed by atoms with Gasteiger partial charge in [-0.15, -0.1) is 0 Å². The van der Waals surface area contributed by atoms with Crippen LogP contribution in [0.25, 0.3) is 33.4 Å². The van der Waals surface area contributed by atoms with Crippen molar-refractivity contribution in [3.05, 3.63) is 62.3 Å². The van der Waals surface area contributed by atoms with Gasteiger partial charge in [0.25, 0.3) is 5.91 Å². The van der Waals surface area contributed by atoms with Gasteiger partial charge in [-0.3, -0.25) is 9.59 Å². The van der Waals surface area contributed by atoms with Crippen LogP contribution in [0.2, 0.25) is 20.1 Å². The summed E-state index contributed by atoms with van der Waals surface area (Å²) >= 11 is 33.8. The summed E-state index contributed by atoms with van der Waals surface area (Å²) in [5.41, 5.74) is -0.0724. The van der Waals surface area contributed by atoms with E-state index in [4.69, 9.17) is 55.6 Å². The number of nitrogens with one attached hydrogen (secondary N) is 1. The molecule has 1 fully saturated rings. The zero-order valence-corrected chi connectivity index (χ0v) is 35.8. The van der Waals surface area contributed by atoms with Gasteiger partial charge in [0.15, 0.2) is 12.1 Å². The van der Waals surface area contributed by atoms with Crippen LogP contribution in [0.5, 0.6) is 5.75 Å². The molecule has 2 aliphatic heterocycles. The number of benzene rings is 3. The van der Waals surface area contributed by atoms with Crippen molar-refractivity contribution < 1.29 is 69.0 Å². The van der Waals surface area contributed by atoms with E-state index in [9.17, 15) is 35.1 Å². The number of aliphatic hydroxyl groups excluding tert-OH is 4. The normalized spacial score (nSPS) is 21.6. The van der Waals surface area contributed by atoms with Gasteiger partial charge < -0.3 is 40.0 Å². The zero-order chi connectivity index (χ0) is 32.5. The molecule has 2 heterocycles. The van der Waals surface area contributed by atoms with Crippen LogP contribution in [0.4, 0.5) is 0 Å². The Hall–Kier alpha value is 1.28. The molecule has 234 valence electrons. The van der Waals surface area contributed by atoms with Gasteiger partial charge in [-0.05, 0) is 102 Å². The van der Waals surface area contributed by atoms with Crippen molar-refractivity contribution in [2.45, 2.75) is 30.6 Å². The maximum Gasteiger partial charge on any atom is 1.00 e. The Bertz CT molecular complexity index is 1900. The van der Waals surface area contributed by atoms with Crippen LogP contribution in [0, 0.1) is 14.3 Å². The van der Waals surface area contributed by atoms with E-state index in [0.717, 1.165) is 0 Å². The molecule has 0 saturated carbocycles. The molecule has 10 nitrogen and oxygen atoms in total. The van der Waals surface area contributed by atoms with E-state index in [1.807, 2.05) is 90.4 Å². The minimum absolute atomic E-state index is 0. The number of carbonyl (C=O) groups is 1. The number of carbonyl (C=O) groups excluding carboxylic acids is 1. The third-order valence-corrected chi connectivity index (χ3v) is 12.3. The Morgan fingerprint density at radius 1 is 0.911 bits per heavy atom. The SMILES string of the molecule is O=C(N[C@@H]1[C@@H](O)[C@H](O)[C@@H](CO)O[C@H]1O)c1c(Cl)c(Cl)c(Cl)c(Cl)c1-c1c2cc(I)c(=O)c(I)c-2oc2c(I)c([O-])c(I)cc12.[Na+]. The van der Waals surface area contributed by atoms with Gasteiger partial charge in [0.1, 0.15) is 33.5 Å². The van der Waals surface area contributed by atoms with Crippen LogP contribution < -0.4 is 45.4 Å². The van der Waals surface area contributed by atoms with Crippen LogP contribution in [0.1, 0.15) is 10.4 Å². The monoisotopic (exact) mass is 1150 g/mol. The van der Waals surface area contributed by atoms with Crippen LogP contribution in [0.15, 0.2) is 21.3 Å². The zero-order valence-electron chi connectivity index (χ0n) is 22.1. The van der Waals surface area contributed by atoms with Gasteiger partial charge in [-0.2, -0.15) is 0 Å². The molecule has 0 radical (unpaired) electrons. The fourth-order valence-electron chi connectivity index (χ4n) is 4.81. The number of rotatable bonds is 4. The molecule has 0 aromatic heterocycles. The molecule has 0 unspecified atom stereocenters. The minimum atomic E-state index is -1.84. The van der Waals surface area contributed by atoms with Crippen LogP contribution in [0.3, 0.4) is 0 Å². The van der Waals surface area contributed by atoms with Gasteiger partial charge >= 0.3 is 29.6 Å². The molecular weight excluding hydrogens is 1140 g/mol. The Morgan fingerprint density at radius 2 is 1.53 bits per heavy atom. The van der Waals surface area contributed by atoms with Gasteiger partial charge in [-0.25, -0.2) is 0 Å². The largest absolute Gasteiger partial charge is 1.00 e. The summed E-state index contributed by atoms with van der Waals surface area (Å²) < 4.78 is 12.3. The van der Waals surface area contributed by atoms with E-state index in [2.05, 4.69) is 5.32 Å². The Labute approximate surface area is 350 Å². The fourth-order valence-corrected chi connectivity index (χ4v) is 9.42. The van der Waals surface area contributed by atoms with E-state index < -0.39 is 43.2 Å². The van der Waals surface area contributed by atoms with E-state index in [1.165, 1.54) is 12.1 Å². The predicted octanol–water partition coefficient (Wildman–Crippen LogP) is 2.20. The predicted molar refractivity (Wildman–Crippen MR) is 196 cm³/mol. The first-order chi connectivity index (χ1) is 20.6. The van der Waals surface area contributed by atoms with Gasteiger partial charge in [0.05, 0.1) is 35.8 Å². The molecule has 0 bridgehead atoms. The average molecular weight is 1160 g/mol. The number of hydrogen-bond donors (Lipinski definition) is 5. The molecule has 1 aliphatic carbocycles. The van der Waals surface area contributed by atoms with Crippen molar-refractivity contribution in [3.8, 4) is 28.2 Å². The second-order valence-electron chi connectivity index (χ2n) is 9.47. The van der Waals surface area contributed by atoms with Crippen molar-refractivity contribution in [2.24, 2.45) is 0 Å². The molecule has 1 amide bonds. The Morgan fingerprint density at radius 3 is 2.16 bits per heavy atom. The molecule has 0 spiro atoms. The number of fused-ring (bicyclic) bond motifs is 2. The Kier molecular flexibility index (Phi) is 13.2. The molecule has 5 rings (SSSR count). The molecule has 19 heteroatoms. The van der Waals surface area contributed by atoms with Gasteiger partial charge in [0.2, 0.25) is 5.43 Å². The van der Waals surface area contributed by atoms with Crippen molar-refractivity contribution in [2.75, 3.05) is 6.61 Å². The topological polar surface area (TPSA) is 173 Å². The standard InChI is InChI=1S/C26H15Cl4I4NO9.Na/c27-12-10(9-4-1-6(31)19(37)16(33)23(4)44-24-5(9)2-7(32)20(38)17(24)34)11(13(28)15(30)14(12)29)25(41)35-18-22(40)21(39)8(3-36)43-26(18)42;/h1-2,8,18,21-22,26,36-37,39-40,42H,3H2,(H,35,41);/q;+1/p-1/t8-,18-,21-,22-,26-;/m1./s1. The second kappa shape index (κ2) is 15.3. The smallest absolute Gasteiger partial charge is 0.871 e. The van der Waals surface area contributed by atoms with Gasteiger partial charge in [-0.1, -0.05) is 52.2 Å². The number of hydrogen-bond acceptors (Lipinski definition) is 9. The summed E-state index contributed by atoms with van der Waals surface area (Å²) in [5, 5.41) is 55.6. The first-order valence-corrected chi connectivity index (χ1v) is 17.9. The maximum atomic E-state index is 14.0. The number of aliphatic hydroxyl groups is 4.